The first kappa shape index (κ1) is 31.0. The minimum absolute atomic E-state index is 0.0711. The van der Waals surface area contributed by atoms with Crippen LogP contribution in [-0.2, 0) is 9.59 Å². The van der Waals surface area contributed by atoms with Crippen LogP contribution in [0.4, 0.5) is 21.5 Å². The van der Waals surface area contributed by atoms with Crippen molar-refractivity contribution in [3.63, 3.8) is 0 Å². The molecule has 226 valence electrons. The molecule has 43 heavy (non-hydrogen) atoms. The van der Waals surface area contributed by atoms with Crippen molar-refractivity contribution in [1.82, 2.24) is 9.80 Å². The maximum absolute atomic E-state index is 13.8. The smallest absolute Gasteiger partial charge is 0.256 e. The summed E-state index contributed by atoms with van der Waals surface area (Å²) in [4.78, 5) is 34.7. The van der Waals surface area contributed by atoms with Gasteiger partial charge in [-0.05, 0) is 91.9 Å². The second kappa shape index (κ2) is 13.9. The zero-order valence-corrected chi connectivity index (χ0v) is 26.0. The predicted molar refractivity (Wildman–Crippen MR) is 173 cm³/mol. The van der Waals surface area contributed by atoms with Crippen molar-refractivity contribution in [1.29, 1.82) is 0 Å². The van der Waals surface area contributed by atoms with Crippen molar-refractivity contribution < 1.29 is 18.7 Å². The van der Waals surface area contributed by atoms with Crippen molar-refractivity contribution in [3.8, 4) is 5.75 Å². The van der Waals surface area contributed by atoms with Crippen LogP contribution in [0, 0.1) is 5.82 Å². The zero-order valence-electron chi connectivity index (χ0n) is 23.6. The molecule has 0 saturated carbocycles. The quantitative estimate of drug-likeness (QED) is 0.285. The third-order valence-electron chi connectivity index (χ3n) is 7.66. The molecule has 2 heterocycles. The third kappa shape index (κ3) is 7.38. The van der Waals surface area contributed by atoms with Gasteiger partial charge in [0.25, 0.3) is 5.91 Å². The van der Waals surface area contributed by atoms with E-state index in [1.807, 2.05) is 4.90 Å². The van der Waals surface area contributed by atoms with Crippen LogP contribution in [0.15, 0.2) is 66.7 Å². The van der Waals surface area contributed by atoms with Crippen molar-refractivity contribution in [2.45, 2.75) is 18.9 Å². The summed E-state index contributed by atoms with van der Waals surface area (Å²) in [5.74, 6) is -0.348. The summed E-state index contributed by atoms with van der Waals surface area (Å²) >= 11 is 18.2. The number of halogens is 3. The number of carbonyl (C=O) groups is 2. The number of hydrogen-bond donors (Lipinski definition) is 1. The summed E-state index contributed by atoms with van der Waals surface area (Å²) in [7, 11) is 1.52. The Hall–Kier alpha value is -3.44. The van der Waals surface area contributed by atoms with Gasteiger partial charge in [0.2, 0.25) is 5.91 Å². The van der Waals surface area contributed by atoms with Crippen LogP contribution < -0.4 is 19.9 Å². The number of piperazine rings is 1. The standard InChI is InChI=1S/C31H32Cl2FN5O3S/c1-42-28-12-11-25(19-26(28)33)39-30(41)27(20-29(40)35-23-7-3-21(32)4-8-23)38(31(39)43)14-2-13-36-15-17-37(18-16-36)24-9-5-22(34)6-10-24/h3-12,19,27H,2,13-18,20H2,1H3,(H,35,40)/t27-/m1/s1. The fourth-order valence-corrected chi connectivity index (χ4v) is 6.18. The molecular formula is C31H32Cl2FN5O3S. The van der Waals surface area contributed by atoms with E-state index in [4.69, 9.17) is 40.2 Å². The minimum atomic E-state index is -0.768. The highest BCUT2D eigenvalue weighted by Crippen LogP contribution is 2.33. The molecule has 2 aliphatic heterocycles. The highest BCUT2D eigenvalue weighted by atomic mass is 35.5. The summed E-state index contributed by atoms with van der Waals surface area (Å²) in [6.07, 6.45) is 0.675. The molecule has 2 amide bonds. The highest BCUT2D eigenvalue weighted by molar-refractivity contribution is 7.80. The maximum Gasteiger partial charge on any atom is 0.256 e. The summed E-state index contributed by atoms with van der Waals surface area (Å²) in [6, 6.07) is 17.7. The van der Waals surface area contributed by atoms with Crippen molar-refractivity contribution in [2.24, 2.45) is 0 Å². The van der Waals surface area contributed by atoms with E-state index in [0.29, 0.717) is 38.8 Å². The SMILES string of the molecule is COc1ccc(N2C(=O)[C@@H](CC(=O)Nc3ccc(Cl)cc3)N(CCCN3CCN(c4ccc(F)cc4)CC3)C2=S)cc1Cl. The van der Waals surface area contributed by atoms with Gasteiger partial charge < -0.3 is 19.9 Å². The molecule has 0 bridgehead atoms. The molecular weight excluding hydrogens is 612 g/mol. The molecule has 0 spiro atoms. The molecule has 3 aromatic rings. The van der Waals surface area contributed by atoms with Gasteiger partial charge in [0, 0.05) is 49.1 Å². The number of hydrogen-bond acceptors (Lipinski definition) is 6. The number of anilines is 3. The normalized spacial score (nSPS) is 17.5. The molecule has 2 saturated heterocycles. The Morgan fingerprint density at radius 1 is 0.977 bits per heavy atom. The second-order valence-corrected chi connectivity index (χ2v) is 11.6. The molecule has 0 aliphatic carbocycles. The van der Waals surface area contributed by atoms with Gasteiger partial charge in [0.15, 0.2) is 5.11 Å². The first-order valence-electron chi connectivity index (χ1n) is 14.0. The Balaban J connectivity index is 1.24. The molecule has 5 rings (SSSR count). The molecule has 0 radical (unpaired) electrons. The van der Waals surface area contributed by atoms with Gasteiger partial charge in [-0.2, -0.15) is 0 Å². The lowest BCUT2D eigenvalue weighted by Gasteiger charge is -2.36. The van der Waals surface area contributed by atoms with E-state index in [2.05, 4.69) is 15.1 Å². The van der Waals surface area contributed by atoms with E-state index < -0.39 is 6.04 Å². The number of ether oxygens (including phenoxy) is 1. The highest BCUT2D eigenvalue weighted by Gasteiger charge is 2.44. The third-order valence-corrected chi connectivity index (χ3v) is 8.62. The van der Waals surface area contributed by atoms with Crippen LogP contribution in [0.3, 0.4) is 0 Å². The van der Waals surface area contributed by atoms with Crippen LogP contribution in [0.5, 0.6) is 5.75 Å². The van der Waals surface area contributed by atoms with Crippen LogP contribution in [0.1, 0.15) is 12.8 Å². The average molecular weight is 645 g/mol. The predicted octanol–water partition coefficient (Wildman–Crippen LogP) is 5.68. The second-order valence-electron chi connectivity index (χ2n) is 10.4. The fourth-order valence-electron chi connectivity index (χ4n) is 5.39. The molecule has 2 aliphatic rings. The summed E-state index contributed by atoms with van der Waals surface area (Å²) in [5.41, 5.74) is 2.12. The summed E-state index contributed by atoms with van der Waals surface area (Å²) < 4.78 is 18.6. The first-order chi connectivity index (χ1) is 20.7. The first-order valence-corrected chi connectivity index (χ1v) is 15.2. The average Bonchev–Trinajstić information content (AvgIpc) is 3.23. The maximum atomic E-state index is 13.8. The Kier molecular flexibility index (Phi) is 10.0. The van der Waals surface area contributed by atoms with Crippen LogP contribution in [0.25, 0.3) is 0 Å². The molecule has 1 N–H and O–H groups in total. The molecule has 8 nitrogen and oxygen atoms in total. The Bertz CT molecular complexity index is 1470. The van der Waals surface area contributed by atoms with E-state index in [-0.39, 0.29) is 24.1 Å². The van der Waals surface area contributed by atoms with Crippen molar-refractivity contribution >= 4 is 69.4 Å². The van der Waals surface area contributed by atoms with Gasteiger partial charge in [-0.3, -0.25) is 19.4 Å². The number of carbonyl (C=O) groups excluding carboxylic acids is 2. The molecule has 0 aromatic heterocycles. The summed E-state index contributed by atoms with van der Waals surface area (Å²) in [5, 5.41) is 4.09. The van der Waals surface area contributed by atoms with Gasteiger partial charge in [0.1, 0.15) is 17.6 Å². The molecule has 12 heteroatoms. The van der Waals surface area contributed by atoms with Gasteiger partial charge in [0.05, 0.1) is 24.2 Å². The minimum Gasteiger partial charge on any atom is -0.495 e. The molecule has 3 aromatic carbocycles. The van der Waals surface area contributed by atoms with E-state index in [0.717, 1.165) is 44.8 Å². The van der Waals surface area contributed by atoms with E-state index in [9.17, 15) is 14.0 Å². The number of nitrogens with one attached hydrogen (secondary N) is 1. The van der Waals surface area contributed by atoms with Gasteiger partial charge >= 0.3 is 0 Å². The van der Waals surface area contributed by atoms with Gasteiger partial charge in [-0.1, -0.05) is 23.2 Å². The Labute approximate surface area is 265 Å². The molecule has 1 atom stereocenters. The number of benzene rings is 3. The monoisotopic (exact) mass is 643 g/mol. The van der Waals surface area contributed by atoms with Crippen LogP contribution >= 0.6 is 35.4 Å². The van der Waals surface area contributed by atoms with Gasteiger partial charge in [-0.15, -0.1) is 0 Å². The number of amides is 2. The topological polar surface area (TPSA) is 68.4 Å². The van der Waals surface area contributed by atoms with E-state index in [1.165, 1.54) is 24.1 Å². The van der Waals surface area contributed by atoms with Crippen LogP contribution in [0.2, 0.25) is 10.0 Å². The van der Waals surface area contributed by atoms with Crippen LogP contribution in [-0.4, -0.2) is 79.1 Å². The lowest BCUT2D eigenvalue weighted by Crippen LogP contribution is -2.47. The largest absolute Gasteiger partial charge is 0.495 e. The Morgan fingerprint density at radius 3 is 2.30 bits per heavy atom. The molecule has 2 fully saturated rings. The lowest BCUT2D eigenvalue weighted by molar-refractivity contribution is -0.124. The molecule has 0 unspecified atom stereocenters. The number of rotatable bonds is 10. The number of methoxy groups -OCH3 is 1. The van der Waals surface area contributed by atoms with E-state index >= 15 is 0 Å². The zero-order chi connectivity index (χ0) is 30.5. The fraction of sp³-hybridized carbons (Fsp3) is 0.323. The number of nitrogens with zero attached hydrogens (tertiary/aromatic N) is 4. The van der Waals surface area contributed by atoms with Crippen molar-refractivity contribution in [2.75, 3.05) is 61.5 Å². The Morgan fingerprint density at radius 2 is 1.65 bits per heavy atom. The number of thiocarbonyl (C=S) groups is 1. The van der Waals surface area contributed by atoms with Gasteiger partial charge in [-0.25, -0.2) is 4.39 Å². The van der Waals surface area contributed by atoms with E-state index in [1.54, 1.807) is 54.6 Å². The lowest BCUT2D eigenvalue weighted by atomic mass is 10.1. The van der Waals surface area contributed by atoms with Crippen molar-refractivity contribution in [3.05, 3.63) is 82.6 Å². The summed E-state index contributed by atoms with van der Waals surface area (Å²) in [6.45, 7) is 4.72.